The second kappa shape index (κ2) is 5.54. The van der Waals surface area contributed by atoms with Gasteiger partial charge in [0.1, 0.15) is 5.25 Å². The molecular formula is C10H21ClN2O3S. The van der Waals surface area contributed by atoms with Gasteiger partial charge >= 0.3 is 0 Å². The minimum Gasteiger partial charge on any atom is -0.348 e. The van der Waals surface area contributed by atoms with Crippen LogP contribution in [0, 0.1) is 5.92 Å². The van der Waals surface area contributed by atoms with Crippen molar-refractivity contribution in [2.45, 2.75) is 37.5 Å². The molecule has 0 aliphatic heterocycles. The third-order valence-corrected chi connectivity index (χ3v) is 4.82. The molecule has 1 saturated carbocycles. The van der Waals surface area contributed by atoms with Crippen molar-refractivity contribution in [3.8, 4) is 0 Å². The van der Waals surface area contributed by atoms with Gasteiger partial charge in [-0.05, 0) is 32.6 Å². The smallest absolute Gasteiger partial charge is 0.238 e. The SMILES string of the molecule is CC(C(=O)NC(C)(CN)C1CC1)S(C)(=O)=O.Cl. The lowest BCUT2D eigenvalue weighted by atomic mass is 9.96. The molecule has 17 heavy (non-hydrogen) atoms. The third kappa shape index (κ3) is 4.12. The van der Waals surface area contributed by atoms with Crippen LogP contribution in [-0.4, -0.2) is 37.9 Å². The molecule has 7 heteroatoms. The first-order chi connectivity index (χ1) is 7.20. The molecular weight excluding hydrogens is 264 g/mol. The first-order valence-electron chi connectivity index (χ1n) is 5.41. The number of sulfone groups is 1. The summed E-state index contributed by atoms with van der Waals surface area (Å²) >= 11 is 0. The van der Waals surface area contributed by atoms with Gasteiger partial charge < -0.3 is 11.1 Å². The Bertz CT molecular complexity index is 381. The van der Waals surface area contributed by atoms with E-state index < -0.39 is 26.5 Å². The summed E-state index contributed by atoms with van der Waals surface area (Å²) in [6.07, 6.45) is 3.15. The second-order valence-corrected chi connectivity index (χ2v) is 7.22. The Hall–Kier alpha value is -0.330. The van der Waals surface area contributed by atoms with Crippen LogP contribution in [0.25, 0.3) is 0 Å². The summed E-state index contributed by atoms with van der Waals surface area (Å²) in [6.45, 7) is 3.60. The van der Waals surface area contributed by atoms with E-state index in [9.17, 15) is 13.2 Å². The average molecular weight is 285 g/mol. The zero-order valence-corrected chi connectivity index (χ0v) is 12.0. The Morgan fingerprint density at radius 3 is 2.29 bits per heavy atom. The maximum absolute atomic E-state index is 11.8. The normalized spacial score (nSPS) is 20.9. The van der Waals surface area contributed by atoms with E-state index in [1.54, 1.807) is 0 Å². The number of rotatable bonds is 5. The fourth-order valence-electron chi connectivity index (χ4n) is 1.62. The molecule has 102 valence electrons. The van der Waals surface area contributed by atoms with Gasteiger partial charge in [-0.15, -0.1) is 12.4 Å². The van der Waals surface area contributed by atoms with Gasteiger partial charge in [0.15, 0.2) is 9.84 Å². The molecule has 1 amide bonds. The van der Waals surface area contributed by atoms with Crippen molar-refractivity contribution < 1.29 is 13.2 Å². The number of hydrogen-bond donors (Lipinski definition) is 2. The highest BCUT2D eigenvalue weighted by atomic mass is 35.5. The Balaban J connectivity index is 0.00000256. The van der Waals surface area contributed by atoms with Crippen molar-refractivity contribution in [2.75, 3.05) is 12.8 Å². The lowest BCUT2D eigenvalue weighted by molar-refractivity contribution is -0.122. The van der Waals surface area contributed by atoms with Gasteiger partial charge in [-0.1, -0.05) is 0 Å². The molecule has 0 saturated heterocycles. The Labute approximate surface area is 109 Å². The van der Waals surface area contributed by atoms with Crippen molar-refractivity contribution in [3.05, 3.63) is 0 Å². The van der Waals surface area contributed by atoms with Crippen molar-refractivity contribution in [3.63, 3.8) is 0 Å². The number of carbonyl (C=O) groups excluding carboxylic acids is 1. The van der Waals surface area contributed by atoms with Crippen LogP contribution in [0.2, 0.25) is 0 Å². The minimum absolute atomic E-state index is 0. The largest absolute Gasteiger partial charge is 0.348 e. The van der Waals surface area contributed by atoms with Crippen LogP contribution in [0.5, 0.6) is 0 Å². The molecule has 1 fully saturated rings. The maximum Gasteiger partial charge on any atom is 0.238 e. The average Bonchev–Trinajstić information content (AvgIpc) is 2.98. The van der Waals surface area contributed by atoms with E-state index in [0.717, 1.165) is 19.1 Å². The van der Waals surface area contributed by atoms with E-state index in [1.807, 2.05) is 6.92 Å². The van der Waals surface area contributed by atoms with Gasteiger partial charge in [-0.25, -0.2) is 8.42 Å². The summed E-state index contributed by atoms with van der Waals surface area (Å²) in [4.78, 5) is 11.8. The van der Waals surface area contributed by atoms with Crippen molar-refractivity contribution >= 4 is 28.2 Å². The van der Waals surface area contributed by atoms with Gasteiger partial charge in [0.2, 0.25) is 5.91 Å². The molecule has 2 atom stereocenters. The summed E-state index contributed by atoms with van der Waals surface area (Å²) < 4.78 is 22.5. The Morgan fingerprint density at radius 2 is 2.00 bits per heavy atom. The number of nitrogens with one attached hydrogen (secondary N) is 1. The van der Waals surface area contributed by atoms with Crippen molar-refractivity contribution in [2.24, 2.45) is 11.7 Å². The maximum atomic E-state index is 11.8. The number of amides is 1. The highest BCUT2D eigenvalue weighted by Crippen LogP contribution is 2.39. The van der Waals surface area contributed by atoms with E-state index in [2.05, 4.69) is 5.32 Å². The van der Waals surface area contributed by atoms with E-state index in [0.29, 0.717) is 12.5 Å². The van der Waals surface area contributed by atoms with Crippen LogP contribution in [-0.2, 0) is 14.6 Å². The minimum atomic E-state index is -3.34. The fourth-order valence-corrected chi connectivity index (χ4v) is 2.07. The quantitative estimate of drug-likeness (QED) is 0.748. The first kappa shape index (κ1) is 16.7. The number of carbonyl (C=O) groups is 1. The molecule has 0 aromatic carbocycles. The lowest BCUT2D eigenvalue weighted by Gasteiger charge is -2.30. The lowest BCUT2D eigenvalue weighted by Crippen LogP contribution is -2.56. The molecule has 1 rings (SSSR count). The van der Waals surface area contributed by atoms with Gasteiger partial charge in [-0.3, -0.25) is 4.79 Å². The van der Waals surface area contributed by atoms with Crippen LogP contribution in [0.1, 0.15) is 26.7 Å². The summed E-state index contributed by atoms with van der Waals surface area (Å²) in [5.41, 5.74) is 5.18. The number of hydrogen-bond acceptors (Lipinski definition) is 4. The topological polar surface area (TPSA) is 89.3 Å². The van der Waals surface area contributed by atoms with Crippen LogP contribution in [0.4, 0.5) is 0 Å². The van der Waals surface area contributed by atoms with E-state index in [-0.39, 0.29) is 12.4 Å². The molecule has 0 radical (unpaired) electrons. The standard InChI is InChI=1S/C10H20N2O3S.ClH/c1-7(16(3,14)15)9(13)12-10(2,6-11)8-4-5-8;/h7-8H,4-6,11H2,1-3H3,(H,12,13);1H. The Kier molecular flexibility index (Phi) is 5.43. The monoisotopic (exact) mass is 284 g/mol. The van der Waals surface area contributed by atoms with Crippen LogP contribution >= 0.6 is 12.4 Å². The number of nitrogens with two attached hydrogens (primary N) is 1. The molecule has 0 spiro atoms. The molecule has 3 N–H and O–H groups in total. The predicted octanol–water partition coefficient (Wildman–Crippen LogP) is 0.0849. The summed E-state index contributed by atoms with van der Waals surface area (Å²) in [7, 11) is -3.34. The molecule has 0 aromatic rings. The van der Waals surface area contributed by atoms with Gasteiger partial charge in [0, 0.05) is 12.8 Å². The van der Waals surface area contributed by atoms with Crippen LogP contribution < -0.4 is 11.1 Å². The molecule has 5 nitrogen and oxygen atoms in total. The molecule has 1 aliphatic rings. The summed E-state index contributed by atoms with van der Waals surface area (Å²) in [5.74, 6) is -0.0736. The van der Waals surface area contributed by atoms with Crippen molar-refractivity contribution in [1.29, 1.82) is 0 Å². The van der Waals surface area contributed by atoms with E-state index in [4.69, 9.17) is 5.73 Å². The van der Waals surface area contributed by atoms with Crippen LogP contribution in [0.15, 0.2) is 0 Å². The van der Waals surface area contributed by atoms with Gasteiger partial charge in [0.25, 0.3) is 0 Å². The van der Waals surface area contributed by atoms with Gasteiger partial charge in [0.05, 0.1) is 5.54 Å². The zero-order chi connectivity index (χ0) is 12.6. The van der Waals surface area contributed by atoms with Gasteiger partial charge in [-0.2, -0.15) is 0 Å². The van der Waals surface area contributed by atoms with Crippen LogP contribution in [0.3, 0.4) is 0 Å². The molecule has 1 aliphatic carbocycles. The summed E-state index contributed by atoms with van der Waals surface area (Å²) in [5, 5.41) is 1.75. The highest BCUT2D eigenvalue weighted by Gasteiger charge is 2.42. The van der Waals surface area contributed by atoms with E-state index in [1.165, 1.54) is 6.92 Å². The Morgan fingerprint density at radius 1 is 1.53 bits per heavy atom. The predicted molar refractivity (Wildman–Crippen MR) is 69.9 cm³/mol. The first-order valence-corrected chi connectivity index (χ1v) is 7.37. The number of halogens is 1. The molecule has 0 heterocycles. The molecule has 0 bridgehead atoms. The fraction of sp³-hybridized carbons (Fsp3) is 0.900. The molecule has 2 unspecified atom stereocenters. The van der Waals surface area contributed by atoms with E-state index >= 15 is 0 Å². The highest BCUT2D eigenvalue weighted by molar-refractivity contribution is 7.92. The second-order valence-electron chi connectivity index (χ2n) is 4.86. The van der Waals surface area contributed by atoms with Crippen molar-refractivity contribution in [1.82, 2.24) is 5.32 Å². The molecule has 0 aromatic heterocycles. The zero-order valence-electron chi connectivity index (χ0n) is 10.4. The summed E-state index contributed by atoms with van der Waals surface area (Å²) in [6, 6.07) is 0. The third-order valence-electron chi connectivity index (χ3n) is 3.32.